The molecule has 0 aromatic heterocycles. The molecule has 7 rings (SSSR count). The summed E-state index contributed by atoms with van der Waals surface area (Å²) in [4.78, 5) is 0. The summed E-state index contributed by atoms with van der Waals surface area (Å²) in [5, 5.41) is 21.1. The molecule has 0 fully saturated rings. The van der Waals surface area contributed by atoms with Gasteiger partial charge in [0, 0.05) is 0 Å². The van der Waals surface area contributed by atoms with Crippen molar-refractivity contribution in [2.75, 3.05) is 13.6 Å². The zero-order chi connectivity index (χ0) is 27.8. The molecule has 2 N–H and O–H groups in total. The third-order valence-electron chi connectivity index (χ3n) is 8.16. The van der Waals surface area contributed by atoms with Crippen molar-refractivity contribution in [3.05, 3.63) is 156 Å². The Bertz CT molecular complexity index is 1810. The van der Waals surface area contributed by atoms with Crippen LogP contribution in [0.1, 0.15) is 22.3 Å². The van der Waals surface area contributed by atoms with Gasteiger partial charge in [0.05, 0.1) is 5.41 Å². The normalized spacial score (nSPS) is 13.0. The van der Waals surface area contributed by atoms with E-state index in [0.29, 0.717) is 11.5 Å². The Hall–Kier alpha value is -4.90. The second kappa shape index (κ2) is 10.3. The molecular formula is C37H28O4. The van der Waals surface area contributed by atoms with Gasteiger partial charge < -0.3 is 19.7 Å². The Morgan fingerprint density at radius 1 is 0.488 bits per heavy atom. The van der Waals surface area contributed by atoms with Crippen LogP contribution in [0.3, 0.4) is 0 Å². The van der Waals surface area contributed by atoms with E-state index < -0.39 is 5.41 Å². The summed E-state index contributed by atoms with van der Waals surface area (Å²) < 4.78 is 10.8. The summed E-state index contributed by atoms with van der Waals surface area (Å²) >= 11 is 0. The summed E-state index contributed by atoms with van der Waals surface area (Å²) in [7, 11) is 0. The zero-order valence-electron chi connectivity index (χ0n) is 22.3. The number of benzene rings is 6. The van der Waals surface area contributed by atoms with Crippen LogP contribution < -0.4 is 9.47 Å². The minimum absolute atomic E-state index is 0.380. The molecule has 4 heteroatoms. The van der Waals surface area contributed by atoms with Gasteiger partial charge in [0.1, 0.15) is 11.5 Å². The standard InChI is InChI=1S/C37H28O4/c38-23-40-30-18-14-28(15-19-30)37(29-16-20-31(21-17-29)41-24-39)35-11-4-3-8-33(35)34-10-5-9-32(36(34)37)27-13-12-25-6-1-2-7-26(25)22-27/h1-22,38-39H,23-24H2. The van der Waals surface area contributed by atoms with Crippen molar-refractivity contribution in [3.63, 3.8) is 0 Å². The van der Waals surface area contributed by atoms with Crippen molar-refractivity contribution < 1.29 is 19.7 Å². The van der Waals surface area contributed by atoms with Gasteiger partial charge in [0.15, 0.2) is 13.6 Å². The fraction of sp³-hybridized carbons (Fsp3) is 0.0811. The lowest BCUT2D eigenvalue weighted by Crippen LogP contribution is -2.29. The first-order valence-electron chi connectivity index (χ1n) is 13.6. The second-order valence-electron chi connectivity index (χ2n) is 10.2. The number of rotatable bonds is 7. The molecule has 41 heavy (non-hydrogen) atoms. The molecule has 4 nitrogen and oxygen atoms in total. The highest BCUT2D eigenvalue weighted by Crippen LogP contribution is 2.58. The van der Waals surface area contributed by atoms with Crippen molar-refractivity contribution in [3.8, 4) is 33.8 Å². The van der Waals surface area contributed by atoms with Crippen LogP contribution in [0.15, 0.2) is 133 Å². The largest absolute Gasteiger partial charge is 0.468 e. The Kier molecular flexibility index (Phi) is 6.27. The van der Waals surface area contributed by atoms with E-state index in [1.807, 2.05) is 24.3 Å². The summed E-state index contributed by atoms with van der Waals surface area (Å²) in [5.74, 6) is 1.21. The number of hydrogen-bond acceptors (Lipinski definition) is 4. The lowest BCUT2D eigenvalue weighted by atomic mass is 9.66. The average molecular weight is 537 g/mol. The molecule has 0 bridgehead atoms. The van der Waals surface area contributed by atoms with Gasteiger partial charge in [-0.05, 0) is 85.6 Å². The SMILES string of the molecule is OCOc1ccc(C2(c3ccc(OCO)cc3)c3ccccc3-c3cccc(-c4ccc5ccccc5c4)c32)cc1. The minimum Gasteiger partial charge on any atom is -0.468 e. The smallest absolute Gasteiger partial charge is 0.186 e. The quantitative estimate of drug-likeness (QED) is 0.207. The predicted octanol–water partition coefficient (Wildman–Crippen LogP) is 7.53. The molecule has 200 valence electrons. The molecule has 6 aromatic carbocycles. The second-order valence-corrected chi connectivity index (χ2v) is 10.2. The molecule has 0 atom stereocenters. The fourth-order valence-electron chi connectivity index (χ4n) is 6.48. The van der Waals surface area contributed by atoms with Crippen LogP contribution in [0.4, 0.5) is 0 Å². The maximum absolute atomic E-state index is 9.35. The molecule has 1 aliphatic carbocycles. The fourth-order valence-corrected chi connectivity index (χ4v) is 6.48. The maximum Gasteiger partial charge on any atom is 0.186 e. The van der Waals surface area contributed by atoms with Crippen LogP contribution in [-0.2, 0) is 5.41 Å². The summed E-state index contributed by atoms with van der Waals surface area (Å²) in [6.45, 7) is -0.761. The zero-order valence-corrected chi connectivity index (χ0v) is 22.3. The Morgan fingerprint density at radius 3 is 1.71 bits per heavy atom. The first-order chi connectivity index (χ1) is 20.2. The summed E-state index contributed by atoms with van der Waals surface area (Å²) in [6.07, 6.45) is 0. The molecule has 6 aromatic rings. The molecule has 0 heterocycles. The number of ether oxygens (including phenoxy) is 2. The number of aliphatic hydroxyl groups is 2. The Balaban J connectivity index is 1.57. The van der Waals surface area contributed by atoms with Crippen LogP contribution >= 0.6 is 0 Å². The van der Waals surface area contributed by atoms with E-state index in [2.05, 4.69) is 109 Å². The Morgan fingerprint density at radius 2 is 1.05 bits per heavy atom. The van der Waals surface area contributed by atoms with Crippen molar-refractivity contribution in [1.82, 2.24) is 0 Å². The van der Waals surface area contributed by atoms with E-state index in [9.17, 15) is 10.2 Å². The van der Waals surface area contributed by atoms with E-state index in [1.165, 1.54) is 33.0 Å². The highest BCUT2D eigenvalue weighted by molar-refractivity contribution is 5.95. The summed E-state index contributed by atoms with van der Waals surface area (Å²) in [5.41, 5.74) is 8.61. The third kappa shape index (κ3) is 4.00. The van der Waals surface area contributed by atoms with Gasteiger partial charge in [0.2, 0.25) is 0 Å². The van der Waals surface area contributed by atoms with Crippen molar-refractivity contribution in [1.29, 1.82) is 0 Å². The van der Waals surface area contributed by atoms with E-state index in [4.69, 9.17) is 9.47 Å². The van der Waals surface area contributed by atoms with E-state index in [1.54, 1.807) is 0 Å². The molecule has 0 saturated carbocycles. The number of aliphatic hydroxyl groups excluding tert-OH is 2. The highest BCUT2D eigenvalue weighted by Gasteiger charge is 2.47. The van der Waals surface area contributed by atoms with Crippen LogP contribution in [0, 0.1) is 0 Å². The van der Waals surface area contributed by atoms with E-state index >= 15 is 0 Å². The molecule has 1 aliphatic rings. The van der Waals surface area contributed by atoms with Gasteiger partial charge in [-0.3, -0.25) is 0 Å². The van der Waals surface area contributed by atoms with Crippen molar-refractivity contribution in [2.45, 2.75) is 5.41 Å². The first kappa shape index (κ1) is 25.1. The van der Waals surface area contributed by atoms with Gasteiger partial charge in [-0.15, -0.1) is 0 Å². The predicted molar refractivity (Wildman–Crippen MR) is 162 cm³/mol. The number of fused-ring (bicyclic) bond motifs is 4. The van der Waals surface area contributed by atoms with Gasteiger partial charge in [-0.2, -0.15) is 0 Å². The van der Waals surface area contributed by atoms with Gasteiger partial charge in [0.25, 0.3) is 0 Å². The Labute approximate surface area is 238 Å². The van der Waals surface area contributed by atoms with Crippen molar-refractivity contribution in [2.24, 2.45) is 0 Å². The van der Waals surface area contributed by atoms with Crippen molar-refractivity contribution >= 4 is 10.8 Å². The highest BCUT2D eigenvalue weighted by atomic mass is 16.6. The topological polar surface area (TPSA) is 58.9 Å². The molecule has 0 unspecified atom stereocenters. The van der Waals surface area contributed by atoms with Crippen LogP contribution in [0.25, 0.3) is 33.0 Å². The molecule has 0 amide bonds. The van der Waals surface area contributed by atoms with Crippen LogP contribution in [0.5, 0.6) is 11.5 Å². The molecule has 0 radical (unpaired) electrons. The van der Waals surface area contributed by atoms with Crippen LogP contribution in [-0.4, -0.2) is 23.8 Å². The molecule has 0 saturated heterocycles. The monoisotopic (exact) mass is 536 g/mol. The number of hydrogen-bond donors (Lipinski definition) is 2. The molecule has 0 spiro atoms. The molecular weight excluding hydrogens is 508 g/mol. The summed E-state index contributed by atoms with van der Waals surface area (Å²) in [6, 6.07) is 46.3. The lowest BCUT2D eigenvalue weighted by molar-refractivity contribution is 0.0981. The van der Waals surface area contributed by atoms with E-state index in [0.717, 1.165) is 22.3 Å². The lowest BCUT2D eigenvalue weighted by Gasteiger charge is -2.35. The third-order valence-corrected chi connectivity index (χ3v) is 8.16. The van der Waals surface area contributed by atoms with Crippen LogP contribution in [0.2, 0.25) is 0 Å². The first-order valence-corrected chi connectivity index (χ1v) is 13.6. The van der Waals surface area contributed by atoms with Gasteiger partial charge in [-0.1, -0.05) is 103 Å². The van der Waals surface area contributed by atoms with E-state index in [-0.39, 0.29) is 13.6 Å². The maximum atomic E-state index is 9.35. The molecule has 0 aliphatic heterocycles. The average Bonchev–Trinajstić information content (AvgIpc) is 3.33. The van der Waals surface area contributed by atoms with Gasteiger partial charge >= 0.3 is 0 Å². The minimum atomic E-state index is -0.649. The van der Waals surface area contributed by atoms with Gasteiger partial charge in [-0.25, -0.2) is 0 Å².